The Morgan fingerprint density at radius 1 is 1.24 bits per heavy atom. The fraction of sp³-hybridized carbons (Fsp3) is 0.667. The van der Waals surface area contributed by atoms with Crippen LogP contribution in [0.15, 0.2) is 11.4 Å². The number of hydrogen-bond acceptors (Lipinski definition) is 2. The predicted octanol–water partition coefficient (Wildman–Crippen LogP) is 0.821. The topological polar surface area (TPSA) is 3.24 Å². The molecule has 0 saturated carbocycles. The summed E-state index contributed by atoms with van der Waals surface area (Å²) in [4.78, 5) is 1.50. The number of rotatable bonds is 3. The summed E-state index contributed by atoms with van der Waals surface area (Å²) >= 11 is 1.86. The van der Waals surface area contributed by atoms with E-state index in [1.165, 1.54) is 29.9 Å². The van der Waals surface area contributed by atoms with Crippen molar-refractivity contribution >= 4 is 27.8 Å². The largest absolute Gasteiger partial charge is 1.00 e. The maximum atomic E-state index is 3.17. The Morgan fingerprint density at radius 2 is 1.82 bits per heavy atom. The van der Waals surface area contributed by atoms with Crippen LogP contribution in [0.25, 0.3) is 0 Å². The molecule has 0 amide bonds. The van der Waals surface area contributed by atoms with Crippen molar-refractivity contribution in [2.24, 2.45) is 0 Å². The van der Waals surface area contributed by atoms with Gasteiger partial charge in [0.15, 0.2) is 0 Å². The first-order chi connectivity index (χ1) is 7.42. The molecular weight excluding hydrogens is 253 g/mol. The smallest absolute Gasteiger partial charge is 0.347 e. The Labute approximate surface area is 124 Å². The molecule has 90 valence electrons. The van der Waals surface area contributed by atoms with Crippen LogP contribution in [0, 0.1) is 6.07 Å². The van der Waals surface area contributed by atoms with Crippen LogP contribution in [-0.2, 0) is 6.42 Å². The first-order valence-corrected chi connectivity index (χ1v) is 13.3. The first-order valence-electron chi connectivity index (χ1n) is 6.13. The minimum atomic E-state index is -1.05. The quantitative estimate of drug-likeness (QED) is 0.583. The van der Waals surface area contributed by atoms with Gasteiger partial charge < -0.3 is 4.23 Å². The molecule has 2 heterocycles. The zero-order chi connectivity index (χ0) is 11.8. The van der Waals surface area contributed by atoms with Gasteiger partial charge in [-0.25, -0.2) is 12.1 Å². The van der Waals surface area contributed by atoms with Gasteiger partial charge in [0.05, 0.1) is 0 Å². The van der Waals surface area contributed by atoms with Gasteiger partial charge in [-0.3, -0.25) is 11.3 Å². The van der Waals surface area contributed by atoms with Crippen LogP contribution in [-0.4, -0.2) is 27.2 Å². The van der Waals surface area contributed by atoms with Gasteiger partial charge in [-0.1, -0.05) is 32.6 Å². The van der Waals surface area contributed by atoms with Crippen LogP contribution >= 0.6 is 11.3 Å². The minimum absolute atomic E-state index is 0. The maximum Gasteiger partial charge on any atom is 1.00 e. The molecule has 2 rings (SSSR count). The standard InChI is InChI=1S/C12H22NSSi2.Li/c1-15(2)10-11-16(3,4)13(15)8-7-12-6-5-9-14-12;/h6,9H,7-8,10-11H2,1-4H3;/q-1;+1. The molecule has 0 bridgehead atoms. The van der Waals surface area contributed by atoms with Gasteiger partial charge in [-0.2, -0.15) is 0 Å². The molecule has 1 fully saturated rings. The molecule has 0 aliphatic carbocycles. The zero-order valence-corrected chi connectivity index (χ0v) is 14.7. The second kappa shape index (κ2) is 5.77. The van der Waals surface area contributed by atoms with Gasteiger partial charge >= 0.3 is 18.9 Å². The molecule has 1 nitrogen and oxygen atoms in total. The average molecular weight is 275 g/mol. The van der Waals surface area contributed by atoms with Crippen LogP contribution < -0.4 is 18.9 Å². The summed E-state index contributed by atoms with van der Waals surface area (Å²) in [5, 5.41) is 2.07. The molecule has 1 aliphatic heterocycles. The molecule has 5 heteroatoms. The van der Waals surface area contributed by atoms with E-state index in [2.05, 4.69) is 47.9 Å². The van der Waals surface area contributed by atoms with E-state index in [1.54, 1.807) is 0 Å². The van der Waals surface area contributed by atoms with E-state index in [0.29, 0.717) is 0 Å². The van der Waals surface area contributed by atoms with Crippen molar-refractivity contribution in [2.45, 2.75) is 44.7 Å². The molecule has 1 saturated heterocycles. The van der Waals surface area contributed by atoms with Gasteiger partial charge in [-0.15, -0.1) is 10.3 Å². The Hall–Kier alpha value is 0.691. The second-order valence-electron chi connectivity index (χ2n) is 6.04. The summed E-state index contributed by atoms with van der Waals surface area (Å²) < 4.78 is 2.96. The molecule has 0 unspecified atom stereocenters. The summed E-state index contributed by atoms with van der Waals surface area (Å²) in [5.41, 5.74) is 0. The molecule has 1 aromatic rings. The summed E-state index contributed by atoms with van der Waals surface area (Å²) in [6, 6.07) is 8.36. The van der Waals surface area contributed by atoms with Crippen molar-refractivity contribution in [3.05, 3.63) is 22.4 Å². The van der Waals surface area contributed by atoms with E-state index in [0.717, 1.165) is 0 Å². The fourth-order valence-corrected chi connectivity index (χ4v) is 17.7. The molecule has 0 aromatic carbocycles. The van der Waals surface area contributed by atoms with Crippen molar-refractivity contribution in [1.29, 1.82) is 0 Å². The van der Waals surface area contributed by atoms with Gasteiger partial charge in [0.2, 0.25) is 0 Å². The first kappa shape index (κ1) is 15.7. The third kappa shape index (κ3) is 3.59. The molecule has 0 N–H and O–H groups in total. The Balaban J connectivity index is 0.00000144. The molecule has 0 spiro atoms. The van der Waals surface area contributed by atoms with Gasteiger partial charge in [-0.05, 0) is 18.6 Å². The van der Waals surface area contributed by atoms with Crippen LogP contribution in [0.2, 0.25) is 38.3 Å². The van der Waals surface area contributed by atoms with Crippen LogP contribution in [0.4, 0.5) is 0 Å². The molecule has 1 aliphatic rings. The van der Waals surface area contributed by atoms with Crippen molar-refractivity contribution in [3.63, 3.8) is 0 Å². The van der Waals surface area contributed by atoms with E-state index in [-0.39, 0.29) is 18.9 Å². The number of thiophene rings is 1. The Bertz CT molecular complexity index is 335. The Morgan fingerprint density at radius 3 is 2.29 bits per heavy atom. The summed E-state index contributed by atoms with van der Waals surface area (Å²) in [6.45, 7) is 11.5. The van der Waals surface area contributed by atoms with Crippen molar-refractivity contribution in [2.75, 3.05) is 6.54 Å². The number of hydrogen-bond donors (Lipinski definition) is 0. The van der Waals surface area contributed by atoms with E-state index in [1.807, 2.05) is 11.3 Å². The molecule has 17 heavy (non-hydrogen) atoms. The van der Waals surface area contributed by atoms with E-state index < -0.39 is 16.5 Å². The zero-order valence-electron chi connectivity index (χ0n) is 11.8. The van der Waals surface area contributed by atoms with Gasteiger partial charge in [0, 0.05) is 0 Å². The average Bonchev–Trinajstić information content (AvgIpc) is 2.73. The molecular formula is C12H22LiNSSi2. The predicted molar refractivity (Wildman–Crippen MR) is 78.1 cm³/mol. The van der Waals surface area contributed by atoms with Crippen LogP contribution in [0.1, 0.15) is 4.88 Å². The third-order valence-electron chi connectivity index (χ3n) is 3.91. The van der Waals surface area contributed by atoms with Gasteiger partial charge in [0.1, 0.15) is 16.5 Å². The minimum Gasteiger partial charge on any atom is -0.347 e. The number of nitrogens with zero attached hydrogens (tertiary/aromatic N) is 1. The third-order valence-corrected chi connectivity index (χ3v) is 15.2. The van der Waals surface area contributed by atoms with Crippen molar-refractivity contribution < 1.29 is 18.9 Å². The van der Waals surface area contributed by atoms with E-state index in [4.69, 9.17) is 0 Å². The van der Waals surface area contributed by atoms with E-state index >= 15 is 0 Å². The Kier molecular flexibility index (Phi) is 5.34. The fourth-order valence-electron chi connectivity index (χ4n) is 2.93. The molecule has 0 atom stereocenters. The molecule has 1 aromatic heterocycles. The van der Waals surface area contributed by atoms with Crippen LogP contribution in [0.3, 0.4) is 0 Å². The normalized spacial score (nSPS) is 22.4. The monoisotopic (exact) mass is 275 g/mol. The molecule has 0 radical (unpaired) electrons. The van der Waals surface area contributed by atoms with Crippen LogP contribution in [0.5, 0.6) is 0 Å². The maximum absolute atomic E-state index is 3.17. The summed E-state index contributed by atoms with van der Waals surface area (Å²) in [7, 11) is -2.10. The van der Waals surface area contributed by atoms with Crippen molar-refractivity contribution in [3.8, 4) is 0 Å². The van der Waals surface area contributed by atoms with E-state index in [9.17, 15) is 0 Å². The van der Waals surface area contributed by atoms with Crippen molar-refractivity contribution in [1.82, 2.24) is 4.23 Å². The summed E-state index contributed by atoms with van der Waals surface area (Å²) in [5.74, 6) is 0. The summed E-state index contributed by atoms with van der Waals surface area (Å²) in [6.07, 6.45) is 1.24. The van der Waals surface area contributed by atoms with Gasteiger partial charge in [0.25, 0.3) is 0 Å². The SMILES string of the molecule is C[Si]1(C)CC[Si](C)(C)N1CCc1c[c-]cs1.[Li+]. The second-order valence-corrected chi connectivity index (χ2v) is 16.8.